The van der Waals surface area contributed by atoms with Crippen LogP contribution in [0.2, 0.25) is 0 Å². The second-order valence-electron chi connectivity index (χ2n) is 5.74. The van der Waals surface area contributed by atoms with E-state index in [0.717, 1.165) is 18.1 Å². The van der Waals surface area contributed by atoms with E-state index in [-0.39, 0.29) is 17.9 Å². The molecule has 146 valence electrons. The van der Waals surface area contributed by atoms with E-state index < -0.39 is 23.7 Å². The maximum atomic E-state index is 13.5. The van der Waals surface area contributed by atoms with Crippen LogP contribution in [0.1, 0.15) is 5.56 Å². The molecule has 0 aromatic heterocycles. The zero-order chi connectivity index (χ0) is 21.1. The minimum absolute atomic E-state index is 0.0214. The minimum atomic E-state index is -0.940. The quantitative estimate of drug-likeness (QED) is 0.246. The van der Waals surface area contributed by atoms with Crippen molar-refractivity contribution in [3.05, 3.63) is 60.5 Å². The molecule has 6 nitrogen and oxygen atoms in total. The Morgan fingerprint density at radius 1 is 1.17 bits per heavy atom. The van der Waals surface area contributed by atoms with Crippen LogP contribution in [0.25, 0.3) is 6.08 Å². The third-order valence-electron chi connectivity index (χ3n) is 3.80. The van der Waals surface area contributed by atoms with Crippen LogP contribution in [0.15, 0.2) is 42.0 Å². The standard InChI is InChI=1S/C20H11FI2N2O4/c1-2-6-29-17-15(22)8-11(9-16(17)23)7-14-18(26)24-20(28)25(19(14)27)13-5-3-4-12(21)10-13/h1,3-5,7-10H,6H2,(H,24,26,28)/b14-7+. The molecule has 0 spiro atoms. The molecule has 9 heteroatoms. The Morgan fingerprint density at radius 3 is 2.48 bits per heavy atom. The molecule has 0 unspecified atom stereocenters. The van der Waals surface area contributed by atoms with Gasteiger partial charge in [0.15, 0.2) is 0 Å². The van der Waals surface area contributed by atoms with Crippen LogP contribution in [0.4, 0.5) is 14.9 Å². The van der Waals surface area contributed by atoms with Gasteiger partial charge in [-0.3, -0.25) is 14.9 Å². The third kappa shape index (κ3) is 4.59. The second kappa shape index (κ2) is 8.91. The molecule has 0 radical (unpaired) electrons. The van der Waals surface area contributed by atoms with E-state index in [2.05, 4.69) is 56.4 Å². The van der Waals surface area contributed by atoms with Gasteiger partial charge in [-0.05, 0) is 87.2 Å². The van der Waals surface area contributed by atoms with Crippen molar-refractivity contribution < 1.29 is 23.5 Å². The molecular formula is C20H11FI2N2O4. The number of carbonyl (C=O) groups is 3. The number of imide groups is 2. The van der Waals surface area contributed by atoms with Crippen molar-refractivity contribution in [2.75, 3.05) is 11.5 Å². The summed E-state index contributed by atoms with van der Waals surface area (Å²) in [5.41, 5.74) is 0.324. The summed E-state index contributed by atoms with van der Waals surface area (Å²) in [5.74, 6) is 0.700. The lowest BCUT2D eigenvalue weighted by Crippen LogP contribution is -2.54. The molecule has 3 rings (SSSR count). The number of benzene rings is 2. The first kappa shape index (κ1) is 21.3. The van der Waals surface area contributed by atoms with E-state index in [1.54, 1.807) is 12.1 Å². The predicted molar refractivity (Wildman–Crippen MR) is 122 cm³/mol. The molecule has 1 saturated heterocycles. The van der Waals surface area contributed by atoms with E-state index >= 15 is 0 Å². The SMILES string of the molecule is C#CCOc1c(I)cc(/C=C2\C(=O)NC(=O)N(c3cccc(F)c3)C2=O)cc1I. The van der Waals surface area contributed by atoms with Crippen LogP contribution < -0.4 is 15.0 Å². The number of hydrogen-bond donors (Lipinski definition) is 1. The number of urea groups is 1. The zero-order valence-electron chi connectivity index (χ0n) is 14.5. The minimum Gasteiger partial charge on any atom is -0.479 e. The zero-order valence-corrected chi connectivity index (χ0v) is 18.9. The maximum Gasteiger partial charge on any atom is 0.335 e. The van der Waals surface area contributed by atoms with Gasteiger partial charge < -0.3 is 4.74 Å². The number of halogens is 3. The van der Waals surface area contributed by atoms with Gasteiger partial charge >= 0.3 is 6.03 Å². The van der Waals surface area contributed by atoms with Crippen molar-refractivity contribution in [1.82, 2.24) is 5.32 Å². The number of nitrogens with one attached hydrogen (secondary N) is 1. The number of nitrogens with zero attached hydrogens (tertiary/aromatic N) is 1. The number of ether oxygens (including phenoxy) is 1. The fourth-order valence-electron chi connectivity index (χ4n) is 2.59. The van der Waals surface area contributed by atoms with Crippen molar-refractivity contribution in [3.8, 4) is 18.1 Å². The number of carbonyl (C=O) groups excluding carboxylic acids is 3. The van der Waals surface area contributed by atoms with Gasteiger partial charge in [0.1, 0.15) is 23.7 Å². The lowest BCUT2D eigenvalue weighted by atomic mass is 10.1. The summed E-state index contributed by atoms with van der Waals surface area (Å²) < 4.78 is 20.5. The molecule has 1 heterocycles. The van der Waals surface area contributed by atoms with E-state index in [0.29, 0.717) is 11.3 Å². The van der Waals surface area contributed by atoms with E-state index in [1.807, 2.05) is 0 Å². The largest absolute Gasteiger partial charge is 0.479 e. The van der Waals surface area contributed by atoms with Crippen molar-refractivity contribution in [3.63, 3.8) is 0 Å². The highest BCUT2D eigenvalue weighted by Gasteiger charge is 2.37. The summed E-state index contributed by atoms with van der Waals surface area (Å²) in [6.07, 6.45) is 6.58. The highest BCUT2D eigenvalue weighted by Crippen LogP contribution is 2.30. The third-order valence-corrected chi connectivity index (χ3v) is 5.40. The van der Waals surface area contributed by atoms with Gasteiger partial charge in [0, 0.05) is 0 Å². The van der Waals surface area contributed by atoms with Gasteiger partial charge in [-0.25, -0.2) is 14.1 Å². The van der Waals surface area contributed by atoms with Crippen LogP contribution in [0, 0.1) is 25.3 Å². The number of rotatable bonds is 4. The smallest absolute Gasteiger partial charge is 0.335 e. The second-order valence-corrected chi connectivity index (χ2v) is 8.07. The van der Waals surface area contributed by atoms with Crippen LogP contribution in [0.5, 0.6) is 5.75 Å². The molecule has 1 aliphatic heterocycles. The van der Waals surface area contributed by atoms with Gasteiger partial charge in [-0.15, -0.1) is 6.42 Å². The molecule has 1 aliphatic rings. The van der Waals surface area contributed by atoms with Crippen molar-refractivity contribution in [1.29, 1.82) is 0 Å². The van der Waals surface area contributed by atoms with Gasteiger partial charge in [-0.2, -0.15) is 0 Å². The summed E-state index contributed by atoms with van der Waals surface area (Å²) in [5, 5.41) is 2.10. The first-order valence-corrected chi connectivity index (χ1v) is 10.2. The Bertz CT molecular complexity index is 1080. The Balaban J connectivity index is 2.00. The van der Waals surface area contributed by atoms with Crippen LogP contribution in [-0.2, 0) is 9.59 Å². The van der Waals surface area contributed by atoms with Crippen LogP contribution in [-0.4, -0.2) is 24.5 Å². The number of anilines is 1. The number of barbiturate groups is 1. The Kier molecular flexibility index (Phi) is 6.53. The summed E-state index contributed by atoms with van der Waals surface area (Å²) >= 11 is 4.11. The summed E-state index contributed by atoms with van der Waals surface area (Å²) in [6, 6.07) is 7.47. The molecule has 2 aromatic carbocycles. The van der Waals surface area contributed by atoms with Crippen molar-refractivity contribution >= 4 is 74.8 Å². The molecule has 29 heavy (non-hydrogen) atoms. The van der Waals surface area contributed by atoms with Crippen LogP contribution >= 0.6 is 45.2 Å². The molecule has 0 aliphatic carbocycles. The topological polar surface area (TPSA) is 75.7 Å². The monoisotopic (exact) mass is 616 g/mol. The fourth-order valence-corrected chi connectivity index (χ4v) is 4.72. The predicted octanol–water partition coefficient (Wildman–Crippen LogP) is 3.71. The highest BCUT2D eigenvalue weighted by atomic mass is 127. The highest BCUT2D eigenvalue weighted by molar-refractivity contribution is 14.1. The molecule has 0 bridgehead atoms. The van der Waals surface area contributed by atoms with Gasteiger partial charge in [0.05, 0.1) is 12.8 Å². The molecular weight excluding hydrogens is 605 g/mol. The van der Waals surface area contributed by atoms with Gasteiger partial charge in [-0.1, -0.05) is 12.0 Å². The Morgan fingerprint density at radius 2 is 1.86 bits per heavy atom. The van der Waals surface area contributed by atoms with Crippen LogP contribution in [0.3, 0.4) is 0 Å². The lowest BCUT2D eigenvalue weighted by Gasteiger charge is -2.26. The van der Waals surface area contributed by atoms with Gasteiger partial charge in [0.2, 0.25) is 0 Å². The molecule has 1 fully saturated rings. The summed E-state index contributed by atoms with van der Waals surface area (Å²) in [7, 11) is 0. The normalized spacial score (nSPS) is 15.3. The summed E-state index contributed by atoms with van der Waals surface area (Å²) in [6.45, 7) is 0.109. The van der Waals surface area contributed by atoms with E-state index in [1.165, 1.54) is 24.3 Å². The van der Waals surface area contributed by atoms with E-state index in [4.69, 9.17) is 11.2 Å². The molecule has 0 saturated carbocycles. The lowest BCUT2D eigenvalue weighted by molar-refractivity contribution is -0.122. The Labute approximate surface area is 192 Å². The summed E-state index contributed by atoms with van der Waals surface area (Å²) in [4.78, 5) is 38.0. The van der Waals surface area contributed by atoms with Gasteiger partial charge in [0.25, 0.3) is 11.8 Å². The van der Waals surface area contributed by atoms with Crippen molar-refractivity contribution in [2.24, 2.45) is 0 Å². The Hall–Kier alpha value is -2.46. The van der Waals surface area contributed by atoms with Crippen molar-refractivity contribution in [2.45, 2.75) is 0 Å². The number of amides is 4. The molecule has 1 N–H and O–H groups in total. The number of hydrogen-bond acceptors (Lipinski definition) is 4. The molecule has 0 atom stereocenters. The average Bonchev–Trinajstić information content (AvgIpc) is 2.64. The fraction of sp³-hybridized carbons (Fsp3) is 0.0500. The maximum absolute atomic E-state index is 13.5. The average molecular weight is 616 g/mol. The molecule has 4 amide bonds. The first-order valence-electron chi connectivity index (χ1n) is 8.04. The first-order chi connectivity index (χ1) is 13.8. The van der Waals surface area contributed by atoms with E-state index in [9.17, 15) is 18.8 Å². The molecule has 2 aromatic rings. The number of terminal acetylenes is 1.